The van der Waals surface area contributed by atoms with Crippen LogP contribution in [0.4, 0.5) is 4.79 Å². The Morgan fingerprint density at radius 3 is 2.70 bits per heavy atom. The molecule has 3 aliphatic rings. The number of piperidine rings is 1. The van der Waals surface area contributed by atoms with Gasteiger partial charge in [-0.25, -0.2) is 4.79 Å². The molecule has 1 aromatic rings. The number of aromatic nitrogens is 2. The first kappa shape index (κ1) is 14.5. The summed E-state index contributed by atoms with van der Waals surface area (Å²) in [6, 6.07) is 0.337. The number of carbonyl (C=O) groups excluding carboxylic acids is 2. The van der Waals surface area contributed by atoms with Crippen molar-refractivity contribution >= 4 is 11.9 Å². The molecule has 1 N–H and O–H groups in total. The smallest absolute Gasteiger partial charge is 0.317 e. The van der Waals surface area contributed by atoms with Gasteiger partial charge in [0, 0.05) is 51.4 Å². The van der Waals surface area contributed by atoms with Crippen LogP contribution in [0.25, 0.3) is 0 Å². The molecular weight excluding hydrogens is 294 g/mol. The van der Waals surface area contributed by atoms with Gasteiger partial charge in [0.2, 0.25) is 5.91 Å². The summed E-state index contributed by atoms with van der Waals surface area (Å²) < 4.78 is 1.79. The van der Waals surface area contributed by atoms with Gasteiger partial charge in [-0.2, -0.15) is 5.10 Å². The van der Waals surface area contributed by atoms with Crippen LogP contribution < -0.4 is 5.32 Å². The largest absolute Gasteiger partial charge is 0.342 e. The molecule has 3 amide bonds. The molecule has 2 saturated heterocycles. The van der Waals surface area contributed by atoms with E-state index >= 15 is 0 Å². The predicted molar refractivity (Wildman–Crippen MR) is 83.8 cm³/mol. The number of nitrogens with one attached hydrogen (secondary N) is 1. The second-order valence-corrected chi connectivity index (χ2v) is 6.88. The SMILES string of the molecule is Cn1cc([C@@H]2C[C@H]2C(=O)N2CCC(N3CCNC3=O)CC2)cn1. The number of aryl methyl sites for hydroxylation is 1. The van der Waals surface area contributed by atoms with Crippen molar-refractivity contribution in [3.05, 3.63) is 18.0 Å². The van der Waals surface area contributed by atoms with E-state index in [9.17, 15) is 9.59 Å². The summed E-state index contributed by atoms with van der Waals surface area (Å²) in [5.41, 5.74) is 1.18. The monoisotopic (exact) mass is 317 g/mol. The fourth-order valence-electron chi connectivity index (χ4n) is 3.94. The molecule has 4 rings (SSSR count). The molecule has 23 heavy (non-hydrogen) atoms. The zero-order chi connectivity index (χ0) is 16.0. The zero-order valence-electron chi connectivity index (χ0n) is 13.4. The Morgan fingerprint density at radius 2 is 2.09 bits per heavy atom. The molecule has 1 saturated carbocycles. The fraction of sp³-hybridized carbons (Fsp3) is 0.688. The third-order valence-electron chi connectivity index (χ3n) is 5.37. The third-order valence-corrected chi connectivity index (χ3v) is 5.37. The normalized spacial score (nSPS) is 28.1. The Balaban J connectivity index is 1.31. The molecule has 3 fully saturated rings. The van der Waals surface area contributed by atoms with Crippen LogP contribution in [-0.4, -0.2) is 63.7 Å². The first-order valence-electron chi connectivity index (χ1n) is 8.45. The van der Waals surface area contributed by atoms with Crippen LogP contribution in [0.5, 0.6) is 0 Å². The predicted octanol–water partition coefficient (Wildman–Crippen LogP) is 0.540. The van der Waals surface area contributed by atoms with Crippen molar-refractivity contribution in [1.82, 2.24) is 24.9 Å². The van der Waals surface area contributed by atoms with Gasteiger partial charge in [-0.05, 0) is 30.7 Å². The van der Waals surface area contributed by atoms with Crippen molar-refractivity contribution in [3.63, 3.8) is 0 Å². The summed E-state index contributed by atoms with van der Waals surface area (Å²) in [4.78, 5) is 28.3. The minimum atomic E-state index is 0.0496. The van der Waals surface area contributed by atoms with Gasteiger partial charge in [-0.1, -0.05) is 0 Å². The van der Waals surface area contributed by atoms with E-state index in [-0.39, 0.29) is 23.9 Å². The van der Waals surface area contributed by atoms with Crippen LogP contribution in [-0.2, 0) is 11.8 Å². The van der Waals surface area contributed by atoms with E-state index in [1.165, 1.54) is 5.56 Å². The van der Waals surface area contributed by atoms with Crippen LogP contribution in [0.3, 0.4) is 0 Å². The average molecular weight is 317 g/mol. The Bertz CT molecular complexity index is 620. The molecule has 124 valence electrons. The van der Waals surface area contributed by atoms with Crippen LogP contribution in [0.15, 0.2) is 12.4 Å². The van der Waals surface area contributed by atoms with Crippen molar-refractivity contribution < 1.29 is 9.59 Å². The van der Waals surface area contributed by atoms with Gasteiger partial charge in [0.15, 0.2) is 0 Å². The number of carbonyl (C=O) groups is 2. The van der Waals surface area contributed by atoms with E-state index in [1.807, 2.05) is 29.2 Å². The van der Waals surface area contributed by atoms with Crippen LogP contribution in [0.2, 0.25) is 0 Å². The van der Waals surface area contributed by atoms with E-state index in [0.29, 0.717) is 5.92 Å². The highest BCUT2D eigenvalue weighted by molar-refractivity contribution is 5.83. The maximum atomic E-state index is 12.6. The molecule has 0 bridgehead atoms. The molecule has 1 aromatic heterocycles. The molecular formula is C16H23N5O2. The third kappa shape index (κ3) is 2.68. The number of nitrogens with zero attached hydrogens (tertiary/aromatic N) is 4. The number of hydrogen-bond acceptors (Lipinski definition) is 3. The molecule has 2 atom stereocenters. The summed E-state index contributed by atoms with van der Waals surface area (Å²) in [7, 11) is 1.90. The first-order chi connectivity index (χ1) is 11.1. The number of amides is 3. The van der Waals surface area contributed by atoms with Gasteiger partial charge < -0.3 is 15.1 Å². The summed E-state index contributed by atoms with van der Waals surface area (Å²) in [6.07, 6.45) is 6.61. The highest BCUT2D eigenvalue weighted by atomic mass is 16.2. The number of likely N-dealkylation sites (tertiary alicyclic amines) is 1. The quantitative estimate of drug-likeness (QED) is 0.884. The lowest BCUT2D eigenvalue weighted by atomic mass is 10.0. The minimum Gasteiger partial charge on any atom is -0.342 e. The summed E-state index contributed by atoms with van der Waals surface area (Å²) in [5, 5.41) is 7.05. The molecule has 7 nitrogen and oxygen atoms in total. The second kappa shape index (κ2) is 5.54. The lowest BCUT2D eigenvalue weighted by Gasteiger charge is -2.36. The van der Waals surface area contributed by atoms with Crippen LogP contribution >= 0.6 is 0 Å². The second-order valence-electron chi connectivity index (χ2n) is 6.88. The Morgan fingerprint density at radius 1 is 1.30 bits per heavy atom. The fourth-order valence-corrected chi connectivity index (χ4v) is 3.94. The minimum absolute atomic E-state index is 0.0496. The lowest BCUT2D eigenvalue weighted by Crippen LogP contribution is -2.48. The Labute approximate surface area is 135 Å². The van der Waals surface area contributed by atoms with Crippen LogP contribution in [0, 0.1) is 5.92 Å². The van der Waals surface area contributed by atoms with Crippen LogP contribution in [0.1, 0.15) is 30.7 Å². The van der Waals surface area contributed by atoms with Gasteiger partial charge in [-0.3, -0.25) is 9.48 Å². The number of rotatable bonds is 3. The standard InChI is InChI=1S/C16H23N5O2/c1-19-10-11(9-18-19)13-8-14(13)15(22)20-5-2-12(3-6-20)21-7-4-17-16(21)23/h9-10,12-14H,2-8H2,1H3,(H,17,23)/t13-,14+/m0/s1. The van der Waals surface area contributed by atoms with E-state index in [0.717, 1.165) is 45.4 Å². The summed E-state index contributed by atoms with van der Waals surface area (Å²) in [5.74, 6) is 0.757. The maximum absolute atomic E-state index is 12.6. The lowest BCUT2D eigenvalue weighted by molar-refractivity contribution is -0.134. The molecule has 1 aliphatic carbocycles. The molecule has 3 heterocycles. The number of hydrogen-bond donors (Lipinski definition) is 1. The Hall–Kier alpha value is -2.05. The first-order valence-corrected chi connectivity index (χ1v) is 8.45. The van der Waals surface area contributed by atoms with Gasteiger partial charge in [0.05, 0.1) is 6.20 Å². The van der Waals surface area contributed by atoms with Gasteiger partial charge in [0.25, 0.3) is 0 Å². The Kier molecular flexibility index (Phi) is 3.50. The van der Waals surface area contributed by atoms with Crippen molar-refractivity contribution in [2.75, 3.05) is 26.2 Å². The number of urea groups is 1. The van der Waals surface area contributed by atoms with E-state index < -0.39 is 0 Å². The topological polar surface area (TPSA) is 70.5 Å². The van der Waals surface area contributed by atoms with E-state index in [2.05, 4.69) is 10.4 Å². The molecule has 0 radical (unpaired) electrons. The van der Waals surface area contributed by atoms with Gasteiger partial charge in [0.1, 0.15) is 0 Å². The highest BCUT2D eigenvalue weighted by Gasteiger charge is 2.47. The summed E-state index contributed by atoms with van der Waals surface area (Å²) >= 11 is 0. The highest BCUT2D eigenvalue weighted by Crippen LogP contribution is 2.48. The van der Waals surface area contributed by atoms with E-state index in [4.69, 9.17) is 0 Å². The van der Waals surface area contributed by atoms with Gasteiger partial charge >= 0.3 is 6.03 Å². The van der Waals surface area contributed by atoms with Crippen molar-refractivity contribution in [1.29, 1.82) is 0 Å². The molecule has 0 aromatic carbocycles. The van der Waals surface area contributed by atoms with Gasteiger partial charge in [-0.15, -0.1) is 0 Å². The molecule has 7 heteroatoms. The molecule has 0 spiro atoms. The summed E-state index contributed by atoms with van der Waals surface area (Å²) in [6.45, 7) is 3.07. The maximum Gasteiger partial charge on any atom is 0.317 e. The van der Waals surface area contributed by atoms with Crippen molar-refractivity contribution in [2.24, 2.45) is 13.0 Å². The average Bonchev–Trinajstić information content (AvgIpc) is 3.06. The van der Waals surface area contributed by atoms with Crippen molar-refractivity contribution in [3.8, 4) is 0 Å². The molecule has 2 aliphatic heterocycles. The zero-order valence-corrected chi connectivity index (χ0v) is 13.4. The molecule has 0 unspecified atom stereocenters. The van der Waals surface area contributed by atoms with E-state index in [1.54, 1.807) is 4.68 Å². The van der Waals surface area contributed by atoms with Crippen molar-refractivity contribution in [2.45, 2.75) is 31.2 Å².